The number of rotatable bonds is 3. The third-order valence-electron chi connectivity index (χ3n) is 2.43. The van der Waals surface area contributed by atoms with Gasteiger partial charge in [-0.1, -0.05) is 0 Å². The number of nitrogens with zero attached hydrogens (tertiary/aromatic N) is 2. The second-order valence-corrected chi connectivity index (χ2v) is 3.16. The molecule has 0 radical (unpaired) electrons. The molecular weight excluding hydrogens is 200 g/mol. The lowest BCUT2D eigenvalue weighted by Gasteiger charge is -1.94. The van der Waals surface area contributed by atoms with Crippen LogP contribution in [0.5, 0.6) is 0 Å². The summed E-state index contributed by atoms with van der Waals surface area (Å²) in [5.74, 6) is -1.85. The molecule has 6 heteroatoms. The lowest BCUT2D eigenvalue weighted by atomic mass is 10.3. The predicted molar refractivity (Wildman–Crippen MR) is 49.9 cm³/mol. The average molecular weight is 213 g/mol. The van der Waals surface area contributed by atoms with Gasteiger partial charge in [0.05, 0.1) is 13.6 Å². The first-order chi connectivity index (χ1) is 6.91. The van der Waals surface area contributed by atoms with E-state index < -0.39 is 11.9 Å². The van der Waals surface area contributed by atoms with Gasteiger partial charge < -0.3 is 10.2 Å². The van der Waals surface area contributed by atoms with Crippen molar-refractivity contribution in [1.29, 1.82) is 0 Å². The molecule has 6 nitrogen and oxygen atoms in total. The monoisotopic (exact) mass is 213 g/mol. The van der Waals surface area contributed by atoms with Gasteiger partial charge in [-0.2, -0.15) is 0 Å². The maximum atomic E-state index is 11.0. The molecule has 0 amide bonds. The van der Waals surface area contributed by atoms with Crippen LogP contribution in [0.3, 0.4) is 0 Å². The van der Waals surface area contributed by atoms with E-state index in [1.54, 1.807) is 13.8 Å². The SMILES string of the molecule is CCn1c(C(=O)O)c(C(=O)O)[n+](C)c1C. The van der Waals surface area contributed by atoms with Gasteiger partial charge in [0.15, 0.2) is 0 Å². The molecule has 2 N–H and O–H groups in total. The van der Waals surface area contributed by atoms with Gasteiger partial charge in [0.1, 0.15) is 0 Å². The molecule has 1 rings (SSSR count). The summed E-state index contributed by atoms with van der Waals surface area (Å²) in [5, 5.41) is 17.9. The van der Waals surface area contributed by atoms with Crippen LogP contribution in [-0.4, -0.2) is 26.7 Å². The van der Waals surface area contributed by atoms with Gasteiger partial charge in [-0.15, -0.1) is 0 Å². The van der Waals surface area contributed by atoms with Gasteiger partial charge in [0.25, 0.3) is 17.2 Å². The maximum absolute atomic E-state index is 11.0. The fraction of sp³-hybridized carbons (Fsp3) is 0.444. The number of hydrogen-bond donors (Lipinski definition) is 2. The summed E-state index contributed by atoms with van der Waals surface area (Å²) in [5.41, 5.74) is -0.369. The largest absolute Gasteiger partial charge is 0.475 e. The number of carbonyl (C=O) groups is 2. The smallest absolute Gasteiger partial charge is 0.380 e. The summed E-state index contributed by atoms with van der Waals surface area (Å²) >= 11 is 0. The Labute approximate surface area is 86.4 Å². The van der Waals surface area contributed by atoms with Crippen molar-refractivity contribution in [3.05, 3.63) is 17.2 Å². The minimum Gasteiger partial charge on any atom is -0.475 e. The lowest BCUT2D eigenvalue weighted by molar-refractivity contribution is -0.679. The number of carboxylic acids is 2. The van der Waals surface area contributed by atoms with Gasteiger partial charge in [-0.3, -0.25) is 0 Å². The fourth-order valence-corrected chi connectivity index (χ4v) is 1.64. The van der Waals surface area contributed by atoms with E-state index in [1.165, 1.54) is 16.2 Å². The van der Waals surface area contributed by atoms with E-state index in [2.05, 4.69) is 0 Å². The van der Waals surface area contributed by atoms with Gasteiger partial charge in [0.2, 0.25) is 0 Å². The Morgan fingerprint density at radius 2 is 1.87 bits per heavy atom. The second kappa shape index (κ2) is 3.72. The van der Waals surface area contributed by atoms with E-state index in [4.69, 9.17) is 10.2 Å². The Hall–Kier alpha value is -1.85. The van der Waals surface area contributed by atoms with Crippen molar-refractivity contribution in [2.45, 2.75) is 20.4 Å². The molecule has 82 valence electrons. The Morgan fingerprint density at radius 3 is 2.20 bits per heavy atom. The first-order valence-electron chi connectivity index (χ1n) is 4.47. The van der Waals surface area contributed by atoms with Crippen molar-refractivity contribution < 1.29 is 24.4 Å². The Morgan fingerprint density at radius 1 is 1.33 bits per heavy atom. The zero-order valence-corrected chi connectivity index (χ0v) is 8.81. The minimum atomic E-state index is -1.23. The van der Waals surface area contributed by atoms with Crippen LogP contribution in [0.4, 0.5) is 0 Å². The van der Waals surface area contributed by atoms with Crippen molar-refractivity contribution in [2.75, 3.05) is 0 Å². The highest BCUT2D eigenvalue weighted by atomic mass is 16.4. The molecule has 0 saturated heterocycles. The molecule has 0 saturated carbocycles. The van der Waals surface area contributed by atoms with Crippen LogP contribution in [0.15, 0.2) is 0 Å². The summed E-state index contributed by atoms with van der Waals surface area (Å²) in [7, 11) is 1.54. The third-order valence-corrected chi connectivity index (χ3v) is 2.43. The molecule has 1 aromatic heterocycles. The summed E-state index contributed by atoms with van der Waals surface area (Å²) in [6, 6.07) is 0. The predicted octanol–water partition coefficient (Wildman–Crippen LogP) is 0.0373. The Kier molecular flexibility index (Phi) is 2.78. The van der Waals surface area contributed by atoms with Gasteiger partial charge in [0, 0.05) is 6.92 Å². The maximum Gasteiger partial charge on any atom is 0.380 e. The first-order valence-corrected chi connectivity index (χ1v) is 4.47. The van der Waals surface area contributed by atoms with Crippen molar-refractivity contribution in [3.8, 4) is 0 Å². The molecule has 0 aliphatic heterocycles. The van der Waals surface area contributed by atoms with Crippen molar-refractivity contribution in [2.24, 2.45) is 7.05 Å². The number of hydrogen-bond acceptors (Lipinski definition) is 2. The molecular formula is C9H13N2O4+. The molecule has 0 bridgehead atoms. The number of imidazole rings is 1. The fourth-order valence-electron chi connectivity index (χ4n) is 1.64. The summed E-state index contributed by atoms with van der Waals surface area (Å²) in [6.07, 6.45) is 0. The lowest BCUT2D eigenvalue weighted by Crippen LogP contribution is -2.37. The quantitative estimate of drug-likeness (QED) is 0.694. The molecule has 0 spiro atoms. The zero-order chi connectivity index (χ0) is 11.7. The van der Waals surface area contributed by atoms with E-state index in [0.717, 1.165) is 0 Å². The summed E-state index contributed by atoms with van der Waals surface area (Å²) in [4.78, 5) is 21.9. The van der Waals surface area contributed by atoms with E-state index in [0.29, 0.717) is 12.4 Å². The zero-order valence-electron chi connectivity index (χ0n) is 8.81. The van der Waals surface area contributed by atoms with E-state index >= 15 is 0 Å². The molecule has 0 aliphatic carbocycles. The molecule has 0 aromatic carbocycles. The van der Waals surface area contributed by atoms with Crippen molar-refractivity contribution in [3.63, 3.8) is 0 Å². The second-order valence-electron chi connectivity index (χ2n) is 3.16. The highest BCUT2D eigenvalue weighted by Crippen LogP contribution is 2.09. The van der Waals surface area contributed by atoms with Crippen LogP contribution in [-0.2, 0) is 13.6 Å². The summed E-state index contributed by atoms with van der Waals surface area (Å²) < 4.78 is 2.83. The molecule has 1 aromatic rings. The molecule has 1 heterocycles. The molecule has 0 unspecified atom stereocenters. The van der Waals surface area contributed by atoms with E-state index in [-0.39, 0.29) is 11.4 Å². The van der Waals surface area contributed by atoms with Crippen LogP contribution in [0.1, 0.15) is 33.7 Å². The average Bonchev–Trinajstić information content (AvgIpc) is 2.39. The van der Waals surface area contributed by atoms with E-state index in [9.17, 15) is 9.59 Å². The standard InChI is InChI=1S/C9H12N2O4/c1-4-11-5(2)10(3)6(8(12)13)7(11)9(14)15/h4H2,1-3H3,(H-,12,13,14,15)/p+1. The van der Waals surface area contributed by atoms with Crippen LogP contribution in [0.2, 0.25) is 0 Å². The number of aromatic nitrogens is 2. The van der Waals surface area contributed by atoms with Gasteiger partial charge >= 0.3 is 11.9 Å². The van der Waals surface area contributed by atoms with Crippen molar-refractivity contribution in [1.82, 2.24) is 4.57 Å². The van der Waals surface area contributed by atoms with Gasteiger partial charge in [-0.25, -0.2) is 18.7 Å². The highest BCUT2D eigenvalue weighted by molar-refractivity contribution is 5.98. The van der Waals surface area contributed by atoms with Gasteiger partial charge in [-0.05, 0) is 6.92 Å². The van der Waals surface area contributed by atoms with Crippen LogP contribution in [0.25, 0.3) is 0 Å². The normalized spacial score (nSPS) is 10.3. The summed E-state index contributed by atoms with van der Waals surface area (Å²) in [6.45, 7) is 3.88. The Bertz CT molecular complexity index is 434. The molecule has 0 aliphatic rings. The number of carboxylic acid groups (broad SMARTS) is 2. The minimum absolute atomic E-state index is 0.176. The molecule has 0 fully saturated rings. The highest BCUT2D eigenvalue weighted by Gasteiger charge is 2.34. The van der Waals surface area contributed by atoms with Crippen molar-refractivity contribution >= 4 is 11.9 Å². The van der Waals surface area contributed by atoms with Crippen LogP contribution >= 0.6 is 0 Å². The molecule has 0 atom stereocenters. The third kappa shape index (κ3) is 1.58. The Balaban J connectivity index is 3.63. The number of aromatic carboxylic acids is 2. The van der Waals surface area contributed by atoms with E-state index in [1.807, 2.05) is 0 Å². The van der Waals surface area contributed by atoms with Crippen LogP contribution in [0, 0.1) is 6.92 Å². The molecule has 15 heavy (non-hydrogen) atoms. The van der Waals surface area contributed by atoms with Crippen LogP contribution < -0.4 is 4.57 Å². The first kappa shape index (κ1) is 11.2. The topological polar surface area (TPSA) is 83.4 Å².